The molecule has 3 unspecified atom stereocenters. The topological polar surface area (TPSA) is 95.9 Å². The summed E-state index contributed by atoms with van der Waals surface area (Å²) in [5.41, 5.74) is 0. The predicted octanol–water partition coefficient (Wildman–Crippen LogP) is 14.1. The van der Waals surface area contributed by atoms with Crippen molar-refractivity contribution in [1.82, 2.24) is 5.32 Å². The fourth-order valence-corrected chi connectivity index (χ4v) is 7.01. The van der Waals surface area contributed by atoms with Crippen molar-refractivity contribution in [3.63, 3.8) is 0 Å². The van der Waals surface area contributed by atoms with E-state index in [9.17, 15) is 19.8 Å². The highest BCUT2D eigenvalue weighted by atomic mass is 16.5. The molecular weight excluding hydrogens is 707 g/mol. The van der Waals surface area contributed by atoms with Crippen molar-refractivity contribution in [3.8, 4) is 0 Å². The predicted molar refractivity (Wildman–Crippen MR) is 245 cm³/mol. The zero-order valence-electron chi connectivity index (χ0n) is 37.5. The molecule has 0 spiro atoms. The summed E-state index contributed by atoms with van der Waals surface area (Å²) in [6.45, 7) is 6.33. The third-order valence-electron chi connectivity index (χ3n) is 10.6. The molecule has 0 aromatic carbocycles. The number of unbranched alkanes of at least 4 members (excludes halogenated alkanes) is 20. The van der Waals surface area contributed by atoms with Crippen LogP contribution in [0.1, 0.15) is 226 Å². The molecule has 3 N–H and O–H groups in total. The van der Waals surface area contributed by atoms with E-state index in [1.54, 1.807) is 0 Å². The lowest BCUT2D eigenvalue weighted by atomic mass is 10.0. The molecule has 0 aromatic heterocycles. The minimum Gasteiger partial charge on any atom is -0.462 e. The number of allylic oxidation sites excluding steroid dienone is 10. The van der Waals surface area contributed by atoms with Crippen LogP contribution in [0.2, 0.25) is 0 Å². The summed E-state index contributed by atoms with van der Waals surface area (Å²) in [6, 6.07) is -0.714. The molecule has 0 heterocycles. The molecule has 0 aromatic rings. The molecule has 0 saturated carbocycles. The molecule has 0 rings (SSSR count). The summed E-state index contributed by atoms with van der Waals surface area (Å²) in [6.07, 6.45) is 54.3. The van der Waals surface area contributed by atoms with E-state index in [2.05, 4.69) is 80.8 Å². The zero-order valence-corrected chi connectivity index (χ0v) is 37.5. The number of nitrogens with one attached hydrogen (secondary N) is 1. The van der Waals surface area contributed by atoms with E-state index in [0.29, 0.717) is 19.3 Å². The van der Waals surface area contributed by atoms with E-state index in [0.717, 1.165) is 70.6 Å². The number of aliphatic hydroxyl groups excluding tert-OH is 2. The molecule has 0 radical (unpaired) electrons. The lowest BCUT2D eigenvalue weighted by Crippen LogP contribution is -2.46. The van der Waals surface area contributed by atoms with E-state index in [1.165, 1.54) is 103 Å². The minimum atomic E-state index is -0.798. The van der Waals surface area contributed by atoms with Crippen molar-refractivity contribution in [2.45, 2.75) is 244 Å². The Balaban J connectivity index is 4.68. The Morgan fingerprint density at radius 3 is 1.33 bits per heavy atom. The highest BCUT2D eigenvalue weighted by molar-refractivity contribution is 5.77. The lowest BCUT2D eigenvalue weighted by molar-refractivity contribution is -0.150. The van der Waals surface area contributed by atoms with Gasteiger partial charge in [-0.25, -0.2) is 0 Å². The van der Waals surface area contributed by atoms with Crippen LogP contribution in [0.15, 0.2) is 60.8 Å². The monoisotopic (exact) mass is 798 g/mol. The van der Waals surface area contributed by atoms with Gasteiger partial charge in [0.15, 0.2) is 0 Å². The summed E-state index contributed by atoms with van der Waals surface area (Å²) in [7, 11) is 0. The van der Waals surface area contributed by atoms with Crippen LogP contribution in [0, 0.1) is 0 Å². The van der Waals surface area contributed by atoms with E-state index >= 15 is 0 Å². The number of ether oxygens (including phenoxy) is 1. The quantitative estimate of drug-likeness (QED) is 0.0325. The van der Waals surface area contributed by atoms with E-state index in [1.807, 2.05) is 6.08 Å². The van der Waals surface area contributed by atoms with Crippen molar-refractivity contribution in [3.05, 3.63) is 60.8 Å². The van der Waals surface area contributed by atoms with Gasteiger partial charge in [0.25, 0.3) is 0 Å². The van der Waals surface area contributed by atoms with Crippen LogP contribution in [0.25, 0.3) is 0 Å². The van der Waals surface area contributed by atoms with E-state index < -0.39 is 18.2 Å². The van der Waals surface area contributed by atoms with Crippen LogP contribution in [0.3, 0.4) is 0 Å². The van der Waals surface area contributed by atoms with E-state index in [4.69, 9.17) is 4.74 Å². The van der Waals surface area contributed by atoms with Gasteiger partial charge in [-0.15, -0.1) is 0 Å². The van der Waals surface area contributed by atoms with Gasteiger partial charge in [-0.05, 0) is 57.8 Å². The molecule has 0 bridgehead atoms. The maximum Gasteiger partial charge on any atom is 0.306 e. The molecule has 0 fully saturated rings. The van der Waals surface area contributed by atoms with Gasteiger partial charge in [0.1, 0.15) is 6.10 Å². The van der Waals surface area contributed by atoms with Crippen molar-refractivity contribution in [2.24, 2.45) is 0 Å². The number of esters is 1. The van der Waals surface area contributed by atoms with Gasteiger partial charge in [-0.1, -0.05) is 216 Å². The first kappa shape index (κ1) is 54.6. The summed E-state index contributed by atoms with van der Waals surface area (Å²) in [4.78, 5) is 26.0. The summed E-state index contributed by atoms with van der Waals surface area (Å²) in [5, 5.41) is 23.6. The Morgan fingerprint density at radius 1 is 0.526 bits per heavy atom. The first-order chi connectivity index (χ1) is 28.0. The first-order valence-corrected chi connectivity index (χ1v) is 24.0. The first-order valence-electron chi connectivity index (χ1n) is 24.0. The van der Waals surface area contributed by atoms with Gasteiger partial charge in [0.05, 0.1) is 25.2 Å². The van der Waals surface area contributed by atoms with Gasteiger partial charge in [-0.2, -0.15) is 0 Å². The SMILES string of the molecule is CC/C=C/C/C=C/C/C=C/C/C=C/C/C=C/CCC(=O)OC(CCCCCCCCCCCCC)CC(=O)NC(CO)C(O)CCCCCCCCCCCCC. The van der Waals surface area contributed by atoms with Gasteiger partial charge in [0, 0.05) is 6.42 Å². The third-order valence-corrected chi connectivity index (χ3v) is 10.6. The molecular formula is C51H91NO5. The Hall–Kier alpha value is -2.44. The molecule has 0 saturated heterocycles. The Kier molecular flexibility index (Phi) is 42.7. The second-order valence-electron chi connectivity index (χ2n) is 16.1. The molecule has 1 amide bonds. The van der Waals surface area contributed by atoms with Crippen LogP contribution in [-0.2, 0) is 14.3 Å². The second kappa shape index (κ2) is 44.7. The third kappa shape index (κ3) is 40.1. The van der Waals surface area contributed by atoms with Crippen molar-refractivity contribution >= 4 is 11.9 Å². The fourth-order valence-electron chi connectivity index (χ4n) is 7.01. The van der Waals surface area contributed by atoms with Gasteiger partial charge in [0.2, 0.25) is 5.91 Å². The number of hydrogen-bond donors (Lipinski definition) is 3. The molecule has 330 valence electrons. The number of hydrogen-bond acceptors (Lipinski definition) is 5. The van der Waals surface area contributed by atoms with Gasteiger partial charge in [-0.3, -0.25) is 9.59 Å². The standard InChI is InChI=1S/C51H91NO5/c1-4-7-10-13-16-19-22-23-24-25-26-29-32-35-38-41-44-51(56)57-47(42-39-36-33-30-27-20-17-14-11-8-5-2)45-50(55)52-48(46-53)49(54)43-40-37-34-31-28-21-18-15-12-9-6-3/h7,10,16,19,23-24,26,29,35,38,47-49,53-54H,4-6,8-9,11-15,17-18,20-22,25,27-28,30-34,36-37,39-46H2,1-3H3,(H,52,55)/b10-7+,19-16+,24-23+,29-26+,38-35+. The van der Waals surface area contributed by atoms with Crippen LogP contribution in [0.5, 0.6) is 0 Å². The Bertz CT molecular complexity index is 1030. The largest absolute Gasteiger partial charge is 0.462 e. The lowest BCUT2D eigenvalue weighted by Gasteiger charge is -2.24. The van der Waals surface area contributed by atoms with Crippen molar-refractivity contribution < 1.29 is 24.5 Å². The second-order valence-corrected chi connectivity index (χ2v) is 16.1. The van der Waals surface area contributed by atoms with Crippen LogP contribution in [-0.4, -0.2) is 46.9 Å². The molecule has 6 nitrogen and oxygen atoms in total. The Morgan fingerprint density at radius 2 is 0.912 bits per heavy atom. The smallest absolute Gasteiger partial charge is 0.306 e. The number of carbonyl (C=O) groups is 2. The Labute approximate surface area is 352 Å². The highest BCUT2D eigenvalue weighted by Gasteiger charge is 2.24. The highest BCUT2D eigenvalue weighted by Crippen LogP contribution is 2.17. The normalized spacial score (nSPS) is 13.8. The van der Waals surface area contributed by atoms with E-state index in [-0.39, 0.29) is 31.3 Å². The fraction of sp³-hybridized carbons (Fsp3) is 0.765. The summed E-state index contributed by atoms with van der Waals surface area (Å²) < 4.78 is 5.87. The maximum atomic E-state index is 13.1. The number of carbonyl (C=O) groups excluding carboxylic acids is 2. The van der Waals surface area contributed by atoms with Crippen LogP contribution in [0.4, 0.5) is 0 Å². The summed E-state index contributed by atoms with van der Waals surface area (Å²) in [5.74, 6) is -0.572. The van der Waals surface area contributed by atoms with Crippen molar-refractivity contribution in [2.75, 3.05) is 6.61 Å². The molecule has 6 heteroatoms. The molecule has 3 atom stereocenters. The number of aliphatic hydroxyl groups is 2. The molecule has 57 heavy (non-hydrogen) atoms. The van der Waals surface area contributed by atoms with Gasteiger partial charge < -0.3 is 20.3 Å². The summed E-state index contributed by atoms with van der Waals surface area (Å²) >= 11 is 0. The average Bonchev–Trinajstić information content (AvgIpc) is 3.20. The maximum absolute atomic E-state index is 13.1. The molecule has 0 aliphatic heterocycles. The van der Waals surface area contributed by atoms with Crippen LogP contribution < -0.4 is 5.32 Å². The van der Waals surface area contributed by atoms with Gasteiger partial charge >= 0.3 is 5.97 Å². The van der Waals surface area contributed by atoms with Crippen LogP contribution >= 0.6 is 0 Å². The zero-order chi connectivity index (χ0) is 41.7. The number of amides is 1. The van der Waals surface area contributed by atoms with Crippen molar-refractivity contribution in [1.29, 1.82) is 0 Å². The number of rotatable bonds is 42. The minimum absolute atomic E-state index is 0.0484. The molecule has 0 aliphatic carbocycles. The molecule has 0 aliphatic rings. The average molecular weight is 798 g/mol.